The number of hydrogen-bond donors (Lipinski definition) is 0. The quantitative estimate of drug-likeness (QED) is 0.737. The largest absolute Gasteiger partial charge is 0.633 e. The van der Waals surface area contributed by atoms with Crippen molar-refractivity contribution in [3.63, 3.8) is 0 Å². The van der Waals surface area contributed by atoms with E-state index in [0.717, 1.165) is 6.07 Å². The zero-order valence-electron chi connectivity index (χ0n) is 9.65. The predicted molar refractivity (Wildman–Crippen MR) is 64.5 cm³/mol. The van der Waals surface area contributed by atoms with Gasteiger partial charge in [-0.3, -0.25) is 0 Å². The highest BCUT2D eigenvalue weighted by molar-refractivity contribution is 6.64. The van der Waals surface area contributed by atoms with Crippen LogP contribution in [0.15, 0.2) is 48.5 Å². The second kappa shape index (κ2) is 4.22. The molecule has 1 aliphatic heterocycles. The maximum atomic E-state index is 12.9. The van der Waals surface area contributed by atoms with Gasteiger partial charge in [0, 0.05) is 5.46 Å². The molecule has 2 nitrogen and oxygen atoms in total. The van der Waals surface area contributed by atoms with E-state index < -0.39 is 18.9 Å². The summed E-state index contributed by atoms with van der Waals surface area (Å²) in [4.78, 5) is 0. The predicted octanol–water partition coefficient (Wildman–Crippen LogP) is 2.87. The second-order valence-electron chi connectivity index (χ2n) is 4.10. The van der Waals surface area contributed by atoms with E-state index in [1.54, 1.807) is 24.3 Å². The summed E-state index contributed by atoms with van der Waals surface area (Å²) in [6.45, 7) is 0. The summed E-state index contributed by atoms with van der Waals surface area (Å²) in [6.07, 6.45) is -4.43. The van der Waals surface area contributed by atoms with Crippen LogP contribution in [0, 0.1) is 0 Å². The van der Waals surface area contributed by atoms with Gasteiger partial charge in [0.2, 0.25) is 0 Å². The van der Waals surface area contributed by atoms with Crippen molar-refractivity contribution in [1.82, 2.24) is 0 Å². The Balaban J connectivity index is 1.98. The topological polar surface area (TPSA) is 18.5 Å². The number of para-hydroxylation sites is 2. The SMILES string of the molecule is FC(F)(F)c1ccccc1B1Oc2ccccc2O1. The summed E-state index contributed by atoms with van der Waals surface area (Å²) >= 11 is 0. The lowest BCUT2D eigenvalue weighted by Gasteiger charge is -2.13. The lowest BCUT2D eigenvalue weighted by Crippen LogP contribution is -2.43. The monoisotopic (exact) mass is 264 g/mol. The Hall–Kier alpha value is -2.11. The van der Waals surface area contributed by atoms with Crippen LogP contribution in [0.5, 0.6) is 11.5 Å². The molecule has 0 radical (unpaired) electrons. The van der Waals surface area contributed by atoms with Crippen molar-refractivity contribution in [2.24, 2.45) is 0 Å². The van der Waals surface area contributed by atoms with E-state index in [4.69, 9.17) is 9.31 Å². The van der Waals surface area contributed by atoms with Crippen LogP contribution in [0.25, 0.3) is 0 Å². The Bertz CT molecular complexity index is 588. The number of fused-ring (bicyclic) bond motifs is 1. The van der Waals surface area contributed by atoms with Gasteiger partial charge in [-0.15, -0.1) is 0 Å². The van der Waals surface area contributed by atoms with Crippen LogP contribution < -0.4 is 14.8 Å². The van der Waals surface area contributed by atoms with Gasteiger partial charge in [0.1, 0.15) is 11.5 Å². The van der Waals surface area contributed by atoms with Crippen LogP contribution in [-0.4, -0.2) is 7.12 Å². The fraction of sp³-hybridized carbons (Fsp3) is 0.0769. The van der Waals surface area contributed by atoms with E-state index in [-0.39, 0.29) is 5.46 Å². The molecule has 0 bridgehead atoms. The van der Waals surface area contributed by atoms with E-state index >= 15 is 0 Å². The molecule has 0 amide bonds. The zero-order chi connectivity index (χ0) is 13.5. The third kappa shape index (κ3) is 2.14. The van der Waals surface area contributed by atoms with Crippen molar-refractivity contribution < 1.29 is 22.5 Å². The summed E-state index contributed by atoms with van der Waals surface area (Å²) < 4.78 is 49.6. The molecule has 2 aromatic carbocycles. The van der Waals surface area contributed by atoms with E-state index in [0.29, 0.717) is 11.5 Å². The van der Waals surface area contributed by atoms with Gasteiger partial charge in [-0.2, -0.15) is 13.2 Å². The average molecular weight is 264 g/mol. The highest BCUT2D eigenvalue weighted by Gasteiger charge is 2.42. The standard InChI is InChI=1S/C13H8BF3O2/c15-13(16,17)9-5-1-2-6-10(9)14-18-11-7-3-4-8-12(11)19-14/h1-8H. The molecule has 0 saturated carbocycles. The second-order valence-corrected chi connectivity index (χ2v) is 4.10. The van der Waals surface area contributed by atoms with Crippen LogP contribution in [-0.2, 0) is 6.18 Å². The molecule has 0 atom stereocenters. The molecule has 1 aliphatic rings. The highest BCUT2D eigenvalue weighted by atomic mass is 19.4. The van der Waals surface area contributed by atoms with Crippen molar-refractivity contribution in [2.75, 3.05) is 0 Å². The molecule has 0 fully saturated rings. The molecule has 0 aliphatic carbocycles. The minimum atomic E-state index is -4.43. The van der Waals surface area contributed by atoms with Crippen LogP contribution in [0.1, 0.15) is 5.56 Å². The molecule has 19 heavy (non-hydrogen) atoms. The first-order chi connectivity index (χ1) is 9.05. The van der Waals surface area contributed by atoms with Crippen LogP contribution in [0.2, 0.25) is 0 Å². The van der Waals surface area contributed by atoms with E-state index in [1.807, 2.05) is 0 Å². The molecule has 1 heterocycles. The minimum absolute atomic E-state index is 0.0220. The van der Waals surface area contributed by atoms with E-state index in [9.17, 15) is 13.2 Å². The number of benzene rings is 2. The molecule has 0 unspecified atom stereocenters. The molecular weight excluding hydrogens is 256 g/mol. The smallest absolute Gasteiger partial charge is 0.519 e. The number of hydrogen-bond acceptors (Lipinski definition) is 2. The minimum Gasteiger partial charge on any atom is -0.519 e. The summed E-state index contributed by atoms with van der Waals surface area (Å²) in [7, 11) is -1.06. The van der Waals surface area contributed by atoms with Gasteiger partial charge in [-0.1, -0.05) is 36.4 Å². The molecule has 0 N–H and O–H groups in total. The molecular formula is C13H8BF3O2. The third-order valence-corrected chi connectivity index (χ3v) is 2.84. The van der Waals surface area contributed by atoms with Gasteiger partial charge >= 0.3 is 13.3 Å². The van der Waals surface area contributed by atoms with Crippen LogP contribution in [0.4, 0.5) is 13.2 Å². The Kier molecular flexibility index (Phi) is 2.66. The molecule has 96 valence electrons. The van der Waals surface area contributed by atoms with Crippen molar-refractivity contribution in [2.45, 2.75) is 6.18 Å². The van der Waals surface area contributed by atoms with Crippen LogP contribution >= 0.6 is 0 Å². The Morgan fingerprint density at radius 3 is 1.89 bits per heavy atom. The molecule has 3 rings (SSSR count). The molecule has 2 aromatic rings. The number of alkyl halides is 3. The van der Waals surface area contributed by atoms with Gasteiger partial charge in [-0.25, -0.2) is 0 Å². The average Bonchev–Trinajstić information content (AvgIpc) is 2.81. The first kappa shape index (κ1) is 12.0. The number of halogens is 3. The Labute approximate surface area is 107 Å². The van der Waals surface area contributed by atoms with Crippen molar-refractivity contribution in [3.05, 3.63) is 54.1 Å². The first-order valence-corrected chi connectivity index (χ1v) is 5.64. The van der Waals surface area contributed by atoms with Crippen molar-refractivity contribution in [1.29, 1.82) is 0 Å². The summed E-state index contributed by atoms with van der Waals surface area (Å²) in [5.74, 6) is 0.897. The fourth-order valence-corrected chi connectivity index (χ4v) is 1.99. The highest BCUT2D eigenvalue weighted by Crippen LogP contribution is 2.34. The van der Waals surface area contributed by atoms with Gasteiger partial charge in [0.15, 0.2) is 0 Å². The lowest BCUT2D eigenvalue weighted by molar-refractivity contribution is -0.136. The molecule has 6 heteroatoms. The van der Waals surface area contributed by atoms with Gasteiger partial charge in [-0.05, 0) is 12.1 Å². The van der Waals surface area contributed by atoms with Gasteiger partial charge in [0.25, 0.3) is 0 Å². The van der Waals surface area contributed by atoms with Gasteiger partial charge < -0.3 is 9.31 Å². The van der Waals surface area contributed by atoms with Crippen LogP contribution in [0.3, 0.4) is 0 Å². The van der Waals surface area contributed by atoms with Crippen molar-refractivity contribution >= 4 is 12.6 Å². The molecule has 0 aromatic heterocycles. The molecule has 0 spiro atoms. The third-order valence-electron chi connectivity index (χ3n) is 2.84. The normalized spacial score (nSPS) is 13.7. The first-order valence-electron chi connectivity index (χ1n) is 5.64. The zero-order valence-corrected chi connectivity index (χ0v) is 9.65. The van der Waals surface area contributed by atoms with E-state index in [1.165, 1.54) is 18.2 Å². The summed E-state index contributed by atoms with van der Waals surface area (Å²) in [5.41, 5.74) is -0.765. The number of rotatable bonds is 1. The van der Waals surface area contributed by atoms with E-state index in [2.05, 4.69) is 0 Å². The maximum absolute atomic E-state index is 12.9. The molecule has 0 saturated heterocycles. The summed E-state index contributed by atoms with van der Waals surface area (Å²) in [6, 6.07) is 12.0. The summed E-state index contributed by atoms with van der Waals surface area (Å²) in [5, 5.41) is 0. The fourth-order valence-electron chi connectivity index (χ4n) is 1.99. The van der Waals surface area contributed by atoms with Crippen molar-refractivity contribution in [3.8, 4) is 11.5 Å². The Morgan fingerprint density at radius 2 is 1.32 bits per heavy atom. The lowest BCUT2D eigenvalue weighted by atomic mass is 9.76. The maximum Gasteiger partial charge on any atom is 0.633 e. The van der Waals surface area contributed by atoms with Gasteiger partial charge in [0.05, 0.1) is 5.56 Å². The Morgan fingerprint density at radius 1 is 0.789 bits per heavy atom.